The molecule has 0 saturated heterocycles. The van der Waals surface area contributed by atoms with Gasteiger partial charge in [0, 0.05) is 53.2 Å². The van der Waals surface area contributed by atoms with Gasteiger partial charge in [-0.3, -0.25) is 0 Å². The minimum atomic E-state index is 0.661. The fourth-order valence-corrected chi connectivity index (χ4v) is 7.24. The molecule has 206 valence electrons. The molecule has 0 aliphatic carbocycles. The van der Waals surface area contributed by atoms with Gasteiger partial charge in [-0.05, 0) is 29.8 Å². The van der Waals surface area contributed by atoms with E-state index >= 15 is 0 Å². The number of thiophene rings is 1. The van der Waals surface area contributed by atoms with Crippen LogP contribution in [0.15, 0.2) is 144 Å². The molecule has 0 amide bonds. The van der Waals surface area contributed by atoms with Crippen LogP contribution in [0.5, 0.6) is 0 Å². The molecule has 0 unspecified atom stereocenters. The normalized spacial score (nSPS) is 11.6. The Labute approximate surface area is 256 Å². The van der Waals surface area contributed by atoms with Crippen LogP contribution >= 0.6 is 11.3 Å². The maximum absolute atomic E-state index is 6.37. The molecule has 9 aromatic rings. The van der Waals surface area contributed by atoms with Gasteiger partial charge in [-0.1, -0.05) is 115 Å². The SMILES string of the molecule is c1ccc(-c2nc(-c3ccccc3)nc(-c3cccc4c3sc3ccc(-c5cccc6c5oc5ccccc56)cc34)n2)cc1. The third-order valence-corrected chi connectivity index (χ3v) is 9.37. The quantitative estimate of drug-likeness (QED) is 0.207. The van der Waals surface area contributed by atoms with E-state index in [2.05, 4.69) is 66.7 Å². The number of hydrogen-bond acceptors (Lipinski definition) is 5. The Morgan fingerprint density at radius 3 is 1.80 bits per heavy atom. The van der Waals surface area contributed by atoms with Crippen molar-refractivity contribution in [2.75, 3.05) is 0 Å². The number of rotatable bonds is 4. The average Bonchev–Trinajstić information content (AvgIpc) is 3.67. The summed E-state index contributed by atoms with van der Waals surface area (Å²) in [6.07, 6.45) is 0. The lowest BCUT2D eigenvalue weighted by molar-refractivity contribution is 0.670. The predicted molar refractivity (Wildman–Crippen MR) is 182 cm³/mol. The van der Waals surface area contributed by atoms with E-state index in [1.807, 2.05) is 72.8 Å². The van der Waals surface area contributed by atoms with Crippen molar-refractivity contribution in [3.05, 3.63) is 140 Å². The summed E-state index contributed by atoms with van der Waals surface area (Å²) in [6, 6.07) is 48.0. The number of fused-ring (bicyclic) bond motifs is 6. The third-order valence-electron chi connectivity index (χ3n) is 8.15. The first-order valence-corrected chi connectivity index (χ1v) is 15.3. The van der Waals surface area contributed by atoms with Crippen LogP contribution in [0.1, 0.15) is 0 Å². The minimum Gasteiger partial charge on any atom is -0.455 e. The Hall–Kier alpha value is -5.65. The molecule has 0 N–H and O–H groups in total. The molecule has 0 saturated carbocycles. The van der Waals surface area contributed by atoms with Crippen LogP contribution in [0.3, 0.4) is 0 Å². The van der Waals surface area contributed by atoms with Crippen molar-refractivity contribution in [3.63, 3.8) is 0 Å². The smallest absolute Gasteiger partial charge is 0.165 e. The highest BCUT2D eigenvalue weighted by Gasteiger charge is 2.18. The minimum absolute atomic E-state index is 0.661. The van der Waals surface area contributed by atoms with E-state index in [9.17, 15) is 0 Å². The van der Waals surface area contributed by atoms with Crippen LogP contribution in [-0.2, 0) is 0 Å². The fraction of sp³-hybridized carbons (Fsp3) is 0. The monoisotopic (exact) mass is 581 g/mol. The lowest BCUT2D eigenvalue weighted by atomic mass is 10.00. The molecule has 6 aromatic carbocycles. The molecule has 0 spiro atoms. The van der Waals surface area contributed by atoms with Gasteiger partial charge in [0.25, 0.3) is 0 Å². The van der Waals surface area contributed by atoms with Crippen LogP contribution in [-0.4, -0.2) is 15.0 Å². The largest absolute Gasteiger partial charge is 0.455 e. The fourth-order valence-electron chi connectivity index (χ4n) is 6.05. The van der Waals surface area contributed by atoms with Crippen molar-refractivity contribution in [2.24, 2.45) is 0 Å². The molecule has 0 bridgehead atoms. The highest BCUT2D eigenvalue weighted by atomic mass is 32.1. The third kappa shape index (κ3) is 4.02. The van der Waals surface area contributed by atoms with Gasteiger partial charge in [-0.2, -0.15) is 0 Å². The van der Waals surface area contributed by atoms with Crippen LogP contribution < -0.4 is 0 Å². The molecule has 0 radical (unpaired) electrons. The summed E-state index contributed by atoms with van der Waals surface area (Å²) in [5.74, 6) is 1.99. The zero-order valence-electron chi connectivity index (χ0n) is 23.4. The van der Waals surface area contributed by atoms with E-state index in [0.29, 0.717) is 17.5 Å². The van der Waals surface area contributed by atoms with Crippen molar-refractivity contribution in [1.29, 1.82) is 0 Å². The lowest BCUT2D eigenvalue weighted by Gasteiger charge is -2.09. The topological polar surface area (TPSA) is 51.8 Å². The number of benzene rings is 6. The van der Waals surface area contributed by atoms with E-state index in [4.69, 9.17) is 19.4 Å². The Morgan fingerprint density at radius 2 is 1.05 bits per heavy atom. The van der Waals surface area contributed by atoms with E-state index in [1.165, 1.54) is 15.5 Å². The molecule has 3 aromatic heterocycles. The predicted octanol–water partition coefficient (Wildman–Crippen LogP) is 10.8. The average molecular weight is 582 g/mol. The highest BCUT2D eigenvalue weighted by Crippen LogP contribution is 2.42. The van der Waals surface area contributed by atoms with Gasteiger partial charge in [-0.15, -0.1) is 11.3 Å². The lowest BCUT2D eigenvalue weighted by Crippen LogP contribution is -2.00. The van der Waals surface area contributed by atoms with Gasteiger partial charge < -0.3 is 4.42 Å². The molecule has 0 aliphatic heterocycles. The maximum Gasteiger partial charge on any atom is 0.165 e. The molecular formula is C39H23N3OS. The van der Waals surface area contributed by atoms with E-state index < -0.39 is 0 Å². The summed E-state index contributed by atoms with van der Waals surface area (Å²) < 4.78 is 8.75. The van der Waals surface area contributed by atoms with Gasteiger partial charge >= 0.3 is 0 Å². The summed E-state index contributed by atoms with van der Waals surface area (Å²) in [5, 5.41) is 4.66. The molecule has 44 heavy (non-hydrogen) atoms. The van der Waals surface area contributed by atoms with Crippen molar-refractivity contribution in [3.8, 4) is 45.3 Å². The first-order chi connectivity index (χ1) is 21.8. The van der Waals surface area contributed by atoms with E-state index in [0.717, 1.165) is 54.5 Å². The first kappa shape index (κ1) is 24.9. The van der Waals surface area contributed by atoms with Crippen molar-refractivity contribution in [2.45, 2.75) is 0 Å². The van der Waals surface area contributed by atoms with Gasteiger partial charge in [0.2, 0.25) is 0 Å². The molecule has 4 nitrogen and oxygen atoms in total. The second-order valence-electron chi connectivity index (χ2n) is 10.8. The Kier molecular flexibility index (Phi) is 5.64. The molecule has 0 fully saturated rings. The Bertz CT molecular complexity index is 2440. The molecule has 5 heteroatoms. The van der Waals surface area contributed by atoms with Crippen molar-refractivity contribution < 1.29 is 4.42 Å². The number of furan rings is 1. The van der Waals surface area contributed by atoms with Crippen molar-refractivity contribution in [1.82, 2.24) is 15.0 Å². The number of aromatic nitrogens is 3. The summed E-state index contributed by atoms with van der Waals surface area (Å²) in [4.78, 5) is 14.9. The van der Waals surface area contributed by atoms with Crippen LogP contribution in [0.2, 0.25) is 0 Å². The van der Waals surface area contributed by atoms with Crippen molar-refractivity contribution >= 4 is 53.4 Å². The first-order valence-electron chi connectivity index (χ1n) is 14.5. The molecule has 3 heterocycles. The summed E-state index contributed by atoms with van der Waals surface area (Å²) >= 11 is 1.77. The van der Waals surface area contributed by atoms with Crippen LogP contribution in [0.25, 0.3) is 87.4 Å². The summed E-state index contributed by atoms with van der Waals surface area (Å²) in [6.45, 7) is 0. The van der Waals surface area contributed by atoms with Gasteiger partial charge in [0.15, 0.2) is 17.5 Å². The molecule has 9 rings (SSSR count). The summed E-state index contributed by atoms with van der Waals surface area (Å²) in [5.41, 5.74) is 6.96. The van der Waals surface area contributed by atoms with Crippen LogP contribution in [0.4, 0.5) is 0 Å². The van der Waals surface area contributed by atoms with E-state index in [1.54, 1.807) is 11.3 Å². The van der Waals surface area contributed by atoms with Crippen LogP contribution in [0, 0.1) is 0 Å². The number of hydrogen-bond donors (Lipinski definition) is 0. The second kappa shape index (κ2) is 9.97. The molecule has 0 atom stereocenters. The zero-order chi connectivity index (χ0) is 29.0. The molecule has 0 aliphatic rings. The van der Waals surface area contributed by atoms with Gasteiger partial charge in [0.1, 0.15) is 11.2 Å². The second-order valence-corrected chi connectivity index (χ2v) is 11.9. The number of nitrogens with zero attached hydrogens (tertiary/aromatic N) is 3. The number of para-hydroxylation sites is 2. The Balaban J connectivity index is 1.24. The van der Waals surface area contributed by atoms with E-state index in [-0.39, 0.29) is 0 Å². The standard InChI is InChI=1S/C39H23N3OS/c1-3-11-24(12-4-1)37-40-38(25-13-5-2-6-14-25)42-39(41-37)31-19-10-18-30-32-23-26(21-22-34(32)44-36(30)31)27-16-9-17-29-28-15-7-8-20-33(28)43-35(27)29/h1-23H. The zero-order valence-corrected chi connectivity index (χ0v) is 24.3. The van der Waals surface area contributed by atoms with Gasteiger partial charge in [0.05, 0.1) is 0 Å². The maximum atomic E-state index is 6.37. The Morgan fingerprint density at radius 1 is 0.432 bits per heavy atom. The molecular weight excluding hydrogens is 559 g/mol. The summed E-state index contributed by atoms with van der Waals surface area (Å²) in [7, 11) is 0. The van der Waals surface area contributed by atoms with Gasteiger partial charge in [-0.25, -0.2) is 15.0 Å². The highest BCUT2D eigenvalue weighted by molar-refractivity contribution is 7.26.